The van der Waals surface area contributed by atoms with Crippen LogP contribution in [0.2, 0.25) is 0 Å². The van der Waals surface area contributed by atoms with Gasteiger partial charge in [0.1, 0.15) is 0 Å². The molecule has 5 nitrogen and oxygen atoms in total. The zero-order chi connectivity index (χ0) is 16.2. The van der Waals surface area contributed by atoms with Gasteiger partial charge in [0.2, 0.25) is 11.8 Å². The molecule has 23 heavy (non-hydrogen) atoms. The summed E-state index contributed by atoms with van der Waals surface area (Å²) in [5.74, 6) is 0.260. The number of amides is 1. The number of fused-ring (bicyclic) bond motifs is 1. The number of nitrogens with zero attached hydrogens (tertiary/aromatic N) is 2. The van der Waals surface area contributed by atoms with Crippen LogP contribution in [0.4, 0.5) is 5.88 Å². The van der Waals surface area contributed by atoms with Gasteiger partial charge in [-0.15, -0.1) is 0 Å². The maximum Gasteiger partial charge on any atom is 0.240 e. The third-order valence-electron chi connectivity index (χ3n) is 3.57. The summed E-state index contributed by atoms with van der Waals surface area (Å²) in [5, 5.41) is 8.87. The van der Waals surface area contributed by atoms with Crippen LogP contribution in [0, 0.1) is 6.92 Å². The zero-order valence-electron chi connectivity index (χ0n) is 13.2. The molecule has 118 valence electrons. The number of nitrogens with one attached hydrogen (secondary N) is 1. The molecule has 3 aromatic rings. The second-order valence-electron chi connectivity index (χ2n) is 5.73. The van der Waals surface area contributed by atoms with Crippen molar-refractivity contribution in [2.45, 2.75) is 13.5 Å². The zero-order valence-corrected chi connectivity index (χ0v) is 13.2. The molecule has 0 fully saturated rings. The fraction of sp³-hybridized carbons (Fsp3) is 0.222. The number of aromatic nitrogens is 1. The largest absolute Gasteiger partial charge is 0.338 e. The van der Waals surface area contributed by atoms with Crippen molar-refractivity contribution < 1.29 is 9.32 Å². The van der Waals surface area contributed by atoms with Crippen LogP contribution in [0.1, 0.15) is 11.3 Å². The smallest absolute Gasteiger partial charge is 0.240 e. The van der Waals surface area contributed by atoms with Gasteiger partial charge in [-0.2, -0.15) is 0 Å². The fourth-order valence-corrected chi connectivity index (χ4v) is 2.55. The van der Waals surface area contributed by atoms with Crippen molar-refractivity contribution in [3.8, 4) is 0 Å². The van der Waals surface area contributed by atoms with E-state index in [0.717, 1.165) is 5.69 Å². The molecule has 0 radical (unpaired) electrons. The molecule has 1 amide bonds. The topological polar surface area (TPSA) is 58.4 Å². The second-order valence-corrected chi connectivity index (χ2v) is 5.73. The van der Waals surface area contributed by atoms with E-state index in [0.29, 0.717) is 12.4 Å². The highest BCUT2D eigenvalue weighted by Gasteiger charge is 2.10. The Morgan fingerprint density at radius 1 is 1.17 bits per heavy atom. The molecule has 0 aliphatic rings. The van der Waals surface area contributed by atoms with Crippen LogP contribution >= 0.6 is 0 Å². The van der Waals surface area contributed by atoms with Crippen LogP contribution in [-0.2, 0) is 11.3 Å². The molecule has 1 N–H and O–H groups in total. The number of benzene rings is 2. The molecule has 0 spiro atoms. The lowest BCUT2D eigenvalue weighted by molar-refractivity contribution is -0.117. The average Bonchev–Trinajstić information content (AvgIpc) is 2.91. The third kappa shape index (κ3) is 3.96. The lowest BCUT2D eigenvalue weighted by Gasteiger charge is -2.16. The summed E-state index contributed by atoms with van der Waals surface area (Å²) in [4.78, 5) is 14.0. The van der Waals surface area contributed by atoms with Crippen molar-refractivity contribution in [1.29, 1.82) is 0 Å². The minimum Gasteiger partial charge on any atom is -0.338 e. The van der Waals surface area contributed by atoms with Crippen molar-refractivity contribution >= 4 is 22.6 Å². The Morgan fingerprint density at radius 3 is 2.70 bits per heavy atom. The van der Waals surface area contributed by atoms with Gasteiger partial charge in [0, 0.05) is 12.6 Å². The highest BCUT2D eigenvalue weighted by Crippen LogP contribution is 2.16. The van der Waals surface area contributed by atoms with Gasteiger partial charge in [0.25, 0.3) is 0 Å². The van der Waals surface area contributed by atoms with Gasteiger partial charge in [0.05, 0.1) is 12.2 Å². The number of hydrogen-bond acceptors (Lipinski definition) is 4. The highest BCUT2D eigenvalue weighted by atomic mass is 16.5. The Morgan fingerprint density at radius 2 is 1.96 bits per heavy atom. The maximum atomic E-state index is 12.0. The van der Waals surface area contributed by atoms with Crippen LogP contribution in [0.5, 0.6) is 0 Å². The quantitative estimate of drug-likeness (QED) is 0.786. The SMILES string of the molecule is Cc1cc(NC(=O)CN(C)Cc2ccc3ccccc3c2)on1. The molecule has 2 aromatic carbocycles. The molecule has 3 rings (SSSR count). The first kappa shape index (κ1) is 15.2. The van der Waals surface area contributed by atoms with Crippen molar-refractivity contribution in [2.24, 2.45) is 0 Å². The van der Waals surface area contributed by atoms with E-state index in [2.05, 4.69) is 40.8 Å². The van der Waals surface area contributed by atoms with Crippen molar-refractivity contribution in [1.82, 2.24) is 10.1 Å². The van der Waals surface area contributed by atoms with Crippen LogP contribution in [0.3, 0.4) is 0 Å². The van der Waals surface area contributed by atoms with Crippen LogP contribution < -0.4 is 5.32 Å². The van der Waals surface area contributed by atoms with E-state index < -0.39 is 0 Å². The average molecular weight is 309 g/mol. The summed E-state index contributed by atoms with van der Waals surface area (Å²) in [5.41, 5.74) is 1.92. The van der Waals surface area contributed by atoms with Crippen molar-refractivity contribution in [3.63, 3.8) is 0 Å². The number of carbonyl (C=O) groups is 1. The molecule has 0 unspecified atom stereocenters. The highest BCUT2D eigenvalue weighted by molar-refractivity contribution is 5.91. The second kappa shape index (κ2) is 6.62. The Balaban J connectivity index is 1.59. The van der Waals surface area contributed by atoms with E-state index >= 15 is 0 Å². The van der Waals surface area contributed by atoms with Crippen molar-refractivity contribution in [2.75, 3.05) is 18.9 Å². The predicted molar refractivity (Wildman–Crippen MR) is 90.2 cm³/mol. The third-order valence-corrected chi connectivity index (χ3v) is 3.57. The molecule has 0 saturated carbocycles. The van der Waals surface area contributed by atoms with E-state index in [4.69, 9.17) is 4.52 Å². The normalized spacial score (nSPS) is 11.1. The molecule has 0 aliphatic carbocycles. The van der Waals surface area contributed by atoms with Crippen LogP contribution in [0.25, 0.3) is 10.8 Å². The summed E-state index contributed by atoms with van der Waals surface area (Å²) in [6.07, 6.45) is 0. The van der Waals surface area contributed by atoms with E-state index in [1.165, 1.54) is 16.3 Å². The van der Waals surface area contributed by atoms with Gasteiger partial charge in [-0.25, -0.2) is 0 Å². The predicted octanol–water partition coefficient (Wildman–Crippen LogP) is 3.21. The maximum absolute atomic E-state index is 12.0. The van der Waals surface area contributed by atoms with E-state index in [1.54, 1.807) is 6.07 Å². The first-order chi connectivity index (χ1) is 11.1. The number of anilines is 1. The minimum atomic E-state index is -0.121. The number of hydrogen-bond donors (Lipinski definition) is 1. The van der Waals surface area contributed by atoms with Gasteiger partial charge >= 0.3 is 0 Å². The number of aryl methyl sites for hydroxylation is 1. The van der Waals surface area contributed by atoms with Crippen LogP contribution in [0.15, 0.2) is 53.1 Å². The van der Waals surface area contributed by atoms with E-state index in [-0.39, 0.29) is 12.5 Å². The summed E-state index contributed by atoms with van der Waals surface area (Å²) >= 11 is 0. The molecular weight excluding hydrogens is 290 g/mol. The molecule has 0 aliphatic heterocycles. The number of rotatable bonds is 5. The fourth-order valence-electron chi connectivity index (χ4n) is 2.55. The summed E-state index contributed by atoms with van der Waals surface area (Å²) < 4.78 is 4.98. The first-order valence-corrected chi connectivity index (χ1v) is 7.49. The van der Waals surface area contributed by atoms with Crippen molar-refractivity contribution in [3.05, 3.63) is 59.8 Å². The molecule has 1 aromatic heterocycles. The lowest BCUT2D eigenvalue weighted by atomic mass is 10.1. The summed E-state index contributed by atoms with van der Waals surface area (Å²) in [6.45, 7) is 2.80. The molecule has 1 heterocycles. The van der Waals surface area contributed by atoms with Gasteiger partial charge in [0.15, 0.2) is 0 Å². The first-order valence-electron chi connectivity index (χ1n) is 7.49. The Labute approximate surface area is 134 Å². The van der Waals surface area contributed by atoms with E-state index in [1.807, 2.05) is 31.0 Å². The Bertz CT molecular complexity index is 826. The molecular formula is C18H19N3O2. The monoisotopic (exact) mass is 309 g/mol. The number of likely N-dealkylation sites (N-methyl/N-ethyl adjacent to an activating group) is 1. The van der Waals surface area contributed by atoms with Gasteiger partial charge < -0.3 is 4.52 Å². The summed E-state index contributed by atoms with van der Waals surface area (Å²) in [6, 6.07) is 16.3. The van der Waals surface area contributed by atoms with Crippen LogP contribution in [-0.4, -0.2) is 29.6 Å². The standard InChI is InChI=1S/C18H19N3O2/c1-13-9-18(23-20-13)19-17(22)12-21(2)11-14-7-8-15-5-3-4-6-16(15)10-14/h3-10H,11-12H2,1-2H3,(H,19,22). The molecule has 5 heteroatoms. The van der Waals surface area contributed by atoms with Gasteiger partial charge in [-0.05, 0) is 36.4 Å². The van der Waals surface area contributed by atoms with Gasteiger partial charge in [-0.1, -0.05) is 41.6 Å². The molecule has 0 atom stereocenters. The Kier molecular flexibility index (Phi) is 4.39. The summed E-state index contributed by atoms with van der Waals surface area (Å²) in [7, 11) is 1.92. The van der Waals surface area contributed by atoms with Gasteiger partial charge in [-0.3, -0.25) is 15.0 Å². The molecule has 0 saturated heterocycles. The lowest BCUT2D eigenvalue weighted by Crippen LogP contribution is -2.29. The minimum absolute atomic E-state index is 0.121. The Hall–Kier alpha value is -2.66. The van der Waals surface area contributed by atoms with E-state index in [9.17, 15) is 4.79 Å². The molecule has 0 bridgehead atoms. The number of carbonyl (C=O) groups excluding carboxylic acids is 1.